The number of aromatic amines is 1. The summed E-state index contributed by atoms with van der Waals surface area (Å²) in [5.41, 5.74) is -0.153. The Morgan fingerprint density at radius 2 is 1.88 bits per heavy atom. The number of carbonyl (C=O) groups excluding carboxylic acids is 1. The van der Waals surface area contributed by atoms with Crippen LogP contribution in [-0.4, -0.2) is 25.4 Å². The molecule has 0 radical (unpaired) electrons. The SMILES string of the molecule is O=C(Nc1ccc(Oc2ccc(Cl)cc2)nc1)c1cnc2c(c1)c(=O)[nH]c(=O)n2C1CC1. The number of rotatable bonds is 5. The normalized spacial score (nSPS) is 13.2. The smallest absolute Gasteiger partial charge is 0.330 e. The molecule has 1 amide bonds. The number of benzene rings is 1. The lowest BCUT2D eigenvalue weighted by atomic mass is 10.2. The number of H-pyrrole nitrogens is 1. The number of pyridine rings is 2. The van der Waals surface area contributed by atoms with E-state index >= 15 is 0 Å². The van der Waals surface area contributed by atoms with Gasteiger partial charge >= 0.3 is 5.69 Å². The van der Waals surface area contributed by atoms with Crippen molar-refractivity contribution in [2.24, 2.45) is 0 Å². The average Bonchev–Trinajstić information content (AvgIpc) is 3.61. The van der Waals surface area contributed by atoms with Crippen molar-refractivity contribution in [2.45, 2.75) is 18.9 Å². The molecule has 32 heavy (non-hydrogen) atoms. The van der Waals surface area contributed by atoms with E-state index in [1.807, 2.05) is 0 Å². The van der Waals surface area contributed by atoms with Crippen molar-refractivity contribution >= 4 is 34.2 Å². The highest BCUT2D eigenvalue weighted by molar-refractivity contribution is 6.30. The molecule has 1 aliphatic rings. The van der Waals surface area contributed by atoms with Crippen LogP contribution in [0.2, 0.25) is 5.02 Å². The lowest BCUT2D eigenvalue weighted by molar-refractivity contribution is 0.102. The lowest BCUT2D eigenvalue weighted by Gasteiger charge is -2.09. The molecule has 1 saturated carbocycles. The van der Waals surface area contributed by atoms with Crippen molar-refractivity contribution in [3.05, 3.63) is 86.3 Å². The average molecular weight is 450 g/mol. The fraction of sp³-hybridized carbons (Fsp3) is 0.136. The maximum Gasteiger partial charge on any atom is 0.330 e. The second kappa shape index (κ2) is 7.93. The number of hydrogen-bond acceptors (Lipinski definition) is 6. The van der Waals surface area contributed by atoms with Crippen molar-refractivity contribution < 1.29 is 9.53 Å². The molecular weight excluding hydrogens is 434 g/mol. The molecule has 0 unspecified atom stereocenters. The van der Waals surface area contributed by atoms with Gasteiger partial charge in [-0.3, -0.25) is 19.1 Å². The third-order valence-electron chi connectivity index (χ3n) is 4.98. The predicted molar refractivity (Wildman–Crippen MR) is 119 cm³/mol. The summed E-state index contributed by atoms with van der Waals surface area (Å²) >= 11 is 5.86. The Kier molecular flexibility index (Phi) is 4.95. The van der Waals surface area contributed by atoms with Crippen molar-refractivity contribution in [3.8, 4) is 11.6 Å². The minimum Gasteiger partial charge on any atom is -0.439 e. The van der Waals surface area contributed by atoms with Crippen molar-refractivity contribution in [1.82, 2.24) is 19.5 Å². The van der Waals surface area contributed by atoms with Gasteiger partial charge in [-0.15, -0.1) is 0 Å². The second-order valence-corrected chi connectivity index (χ2v) is 7.79. The van der Waals surface area contributed by atoms with E-state index < -0.39 is 17.2 Å². The molecule has 0 aliphatic heterocycles. The van der Waals surface area contributed by atoms with Gasteiger partial charge in [0, 0.05) is 23.3 Å². The van der Waals surface area contributed by atoms with Crippen LogP contribution in [0.3, 0.4) is 0 Å². The minimum atomic E-state index is -0.575. The third-order valence-corrected chi connectivity index (χ3v) is 5.24. The molecule has 3 heterocycles. The summed E-state index contributed by atoms with van der Waals surface area (Å²) in [5, 5.41) is 3.50. The first-order valence-corrected chi connectivity index (χ1v) is 10.2. The largest absolute Gasteiger partial charge is 0.439 e. The number of halogens is 1. The number of aromatic nitrogens is 4. The molecule has 160 valence electrons. The lowest BCUT2D eigenvalue weighted by Crippen LogP contribution is -2.30. The molecule has 9 nitrogen and oxygen atoms in total. The van der Waals surface area contributed by atoms with E-state index in [9.17, 15) is 14.4 Å². The Hall–Kier alpha value is -3.98. The summed E-state index contributed by atoms with van der Waals surface area (Å²) < 4.78 is 7.10. The Morgan fingerprint density at radius 1 is 1.09 bits per heavy atom. The molecule has 4 aromatic rings. The summed E-state index contributed by atoms with van der Waals surface area (Å²) in [6.07, 6.45) is 4.52. The molecule has 0 saturated heterocycles. The quantitative estimate of drug-likeness (QED) is 0.481. The number of amides is 1. The first-order chi connectivity index (χ1) is 15.5. The zero-order valence-electron chi connectivity index (χ0n) is 16.5. The highest BCUT2D eigenvalue weighted by atomic mass is 35.5. The number of hydrogen-bond donors (Lipinski definition) is 2. The van der Waals surface area contributed by atoms with Crippen LogP contribution < -0.4 is 21.3 Å². The highest BCUT2D eigenvalue weighted by Gasteiger charge is 2.27. The molecular formula is C22H16ClN5O4. The van der Waals surface area contributed by atoms with Gasteiger partial charge in [0.25, 0.3) is 11.5 Å². The van der Waals surface area contributed by atoms with E-state index in [1.54, 1.807) is 36.4 Å². The molecule has 1 aliphatic carbocycles. The predicted octanol–water partition coefficient (Wildman–Crippen LogP) is 3.51. The van der Waals surface area contributed by atoms with Gasteiger partial charge in [0.05, 0.1) is 22.8 Å². The molecule has 10 heteroatoms. The summed E-state index contributed by atoms with van der Waals surface area (Å²) in [4.78, 5) is 47.8. The van der Waals surface area contributed by atoms with Crippen LogP contribution >= 0.6 is 11.6 Å². The van der Waals surface area contributed by atoms with Gasteiger partial charge in [0.2, 0.25) is 5.88 Å². The van der Waals surface area contributed by atoms with Crippen LogP contribution in [0.5, 0.6) is 11.6 Å². The molecule has 2 N–H and O–H groups in total. The van der Waals surface area contributed by atoms with E-state index in [0.29, 0.717) is 22.3 Å². The minimum absolute atomic E-state index is 0.0358. The Bertz CT molecular complexity index is 1440. The van der Waals surface area contributed by atoms with Gasteiger partial charge in [-0.05, 0) is 49.2 Å². The number of anilines is 1. The van der Waals surface area contributed by atoms with Crippen LogP contribution in [0.15, 0.2) is 64.4 Å². The van der Waals surface area contributed by atoms with Crippen LogP contribution in [0.1, 0.15) is 29.2 Å². The van der Waals surface area contributed by atoms with Crippen molar-refractivity contribution in [1.29, 1.82) is 0 Å². The number of ether oxygens (including phenoxy) is 1. The van der Waals surface area contributed by atoms with E-state index in [1.165, 1.54) is 23.0 Å². The van der Waals surface area contributed by atoms with Gasteiger partial charge in [-0.25, -0.2) is 14.8 Å². The highest BCUT2D eigenvalue weighted by Crippen LogP contribution is 2.34. The fourth-order valence-corrected chi connectivity index (χ4v) is 3.40. The van der Waals surface area contributed by atoms with E-state index in [2.05, 4.69) is 20.3 Å². The fourth-order valence-electron chi connectivity index (χ4n) is 3.27. The molecule has 3 aromatic heterocycles. The maximum atomic E-state index is 12.7. The number of nitrogens with zero attached hydrogens (tertiary/aromatic N) is 3. The maximum absolute atomic E-state index is 12.7. The van der Waals surface area contributed by atoms with E-state index in [-0.39, 0.29) is 22.6 Å². The first-order valence-electron chi connectivity index (χ1n) is 9.83. The van der Waals surface area contributed by atoms with Gasteiger partial charge in [0.15, 0.2) is 0 Å². The summed E-state index contributed by atoms with van der Waals surface area (Å²) in [6, 6.07) is 11.6. The topological polar surface area (TPSA) is 119 Å². The third kappa shape index (κ3) is 3.97. The van der Waals surface area contributed by atoms with Gasteiger partial charge < -0.3 is 10.1 Å². The molecule has 5 rings (SSSR count). The zero-order valence-corrected chi connectivity index (χ0v) is 17.3. The van der Waals surface area contributed by atoms with E-state index in [0.717, 1.165) is 12.8 Å². The van der Waals surface area contributed by atoms with Crippen LogP contribution in [0, 0.1) is 0 Å². The monoisotopic (exact) mass is 449 g/mol. The Balaban J connectivity index is 1.35. The van der Waals surface area contributed by atoms with Crippen molar-refractivity contribution in [3.63, 3.8) is 0 Å². The van der Waals surface area contributed by atoms with Crippen LogP contribution in [0.4, 0.5) is 5.69 Å². The first kappa shape index (κ1) is 20.0. The van der Waals surface area contributed by atoms with Gasteiger partial charge in [-0.2, -0.15) is 0 Å². The molecule has 0 bridgehead atoms. The summed E-state index contributed by atoms with van der Waals surface area (Å²) in [6.45, 7) is 0. The molecule has 1 fully saturated rings. The number of carbonyl (C=O) groups is 1. The van der Waals surface area contributed by atoms with Crippen molar-refractivity contribution in [2.75, 3.05) is 5.32 Å². The molecule has 0 atom stereocenters. The summed E-state index contributed by atoms with van der Waals surface area (Å²) in [5.74, 6) is 0.467. The van der Waals surface area contributed by atoms with E-state index in [4.69, 9.17) is 16.3 Å². The molecule has 1 aromatic carbocycles. The van der Waals surface area contributed by atoms with Crippen LogP contribution in [0.25, 0.3) is 11.0 Å². The van der Waals surface area contributed by atoms with Crippen LogP contribution in [-0.2, 0) is 0 Å². The van der Waals surface area contributed by atoms with Gasteiger partial charge in [-0.1, -0.05) is 11.6 Å². The Morgan fingerprint density at radius 3 is 2.56 bits per heavy atom. The number of nitrogens with one attached hydrogen (secondary N) is 2. The Labute approximate surface area is 185 Å². The molecule has 0 spiro atoms. The standard InChI is InChI=1S/C22H16ClN5O4/c23-13-1-6-16(7-2-13)32-18-8-3-14(11-24-18)26-20(29)12-9-17-19(25-10-12)28(15-4-5-15)22(31)27-21(17)30/h1-3,6-11,15H,4-5H2,(H,26,29)(H,27,30,31). The summed E-state index contributed by atoms with van der Waals surface area (Å²) in [7, 11) is 0. The second-order valence-electron chi connectivity index (χ2n) is 7.35. The zero-order chi connectivity index (χ0) is 22.2. The van der Waals surface area contributed by atoms with Gasteiger partial charge in [0.1, 0.15) is 11.4 Å². The number of fused-ring (bicyclic) bond motifs is 1.